The van der Waals surface area contributed by atoms with Gasteiger partial charge in [-0.05, 0) is 30.5 Å². The van der Waals surface area contributed by atoms with E-state index >= 15 is 0 Å². The molecular formula is C26H31N5O3. The Bertz CT molecular complexity index is 1020. The predicted molar refractivity (Wildman–Crippen MR) is 131 cm³/mol. The highest BCUT2D eigenvalue weighted by Crippen LogP contribution is 2.16. The summed E-state index contributed by atoms with van der Waals surface area (Å²) in [6.45, 7) is 2.39. The number of likely N-dealkylation sites (tertiary alicyclic amines) is 1. The van der Waals surface area contributed by atoms with Crippen LogP contribution in [0.1, 0.15) is 37.7 Å². The molecule has 0 spiro atoms. The molecule has 0 unspecified atom stereocenters. The minimum Gasteiger partial charge on any atom is -0.353 e. The van der Waals surface area contributed by atoms with Gasteiger partial charge in [0.1, 0.15) is 0 Å². The van der Waals surface area contributed by atoms with Crippen molar-refractivity contribution >= 4 is 29.1 Å². The molecule has 34 heavy (non-hydrogen) atoms. The first kappa shape index (κ1) is 23.6. The highest BCUT2D eigenvalue weighted by molar-refractivity contribution is 6.02. The third-order valence-corrected chi connectivity index (χ3v) is 6.14. The maximum Gasteiger partial charge on any atom is 0.243 e. The fourth-order valence-electron chi connectivity index (χ4n) is 4.28. The molecule has 2 aliphatic heterocycles. The van der Waals surface area contributed by atoms with Crippen molar-refractivity contribution in [2.75, 3.05) is 31.5 Å². The monoisotopic (exact) mass is 461 g/mol. The van der Waals surface area contributed by atoms with Gasteiger partial charge in [-0.25, -0.2) is 5.01 Å². The molecule has 0 saturated carbocycles. The molecule has 0 aliphatic carbocycles. The van der Waals surface area contributed by atoms with E-state index in [1.54, 1.807) is 0 Å². The summed E-state index contributed by atoms with van der Waals surface area (Å²) in [4.78, 5) is 39.2. The number of carbonyl (C=O) groups excluding carboxylic acids is 3. The van der Waals surface area contributed by atoms with Crippen LogP contribution in [0, 0.1) is 0 Å². The van der Waals surface area contributed by atoms with Gasteiger partial charge in [-0.1, -0.05) is 48.5 Å². The van der Waals surface area contributed by atoms with E-state index in [4.69, 9.17) is 0 Å². The molecule has 8 nitrogen and oxygen atoms in total. The van der Waals surface area contributed by atoms with Crippen LogP contribution in [-0.2, 0) is 14.4 Å². The zero-order valence-corrected chi connectivity index (χ0v) is 19.3. The molecule has 0 atom stereocenters. The summed E-state index contributed by atoms with van der Waals surface area (Å²) in [6, 6.07) is 19.3. The van der Waals surface area contributed by atoms with E-state index in [1.807, 2.05) is 60.7 Å². The Morgan fingerprint density at radius 3 is 2.24 bits per heavy atom. The number of hydrazone groups is 1. The smallest absolute Gasteiger partial charge is 0.243 e. The zero-order valence-electron chi connectivity index (χ0n) is 19.3. The molecule has 2 aromatic rings. The largest absolute Gasteiger partial charge is 0.353 e. The lowest BCUT2D eigenvalue weighted by molar-refractivity contribution is -0.133. The van der Waals surface area contributed by atoms with Crippen LogP contribution in [0.15, 0.2) is 65.8 Å². The van der Waals surface area contributed by atoms with Gasteiger partial charge in [-0.3, -0.25) is 19.3 Å². The quantitative estimate of drug-likeness (QED) is 0.632. The van der Waals surface area contributed by atoms with Crippen molar-refractivity contribution in [3.8, 4) is 0 Å². The summed E-state index contributed by atoms with van der Waals surface area (Å²) in [5.74, 6) is -0.271. The molecular weight excluding hydrogens is 430 g/mol. The van der Waals surface area contributed by atoms with E-state index in [0.717, 1.165) is 49.3 Å². The molecule has 178 valence electrons. The molecule has 2 N–H and O–H groups in total. The number of carbonyl (C=O) groups is 3. The van der Waals surface area contributed by atoms with E-state index in [9.17, 15) is 14.4 Å². The Hall–Kier alpha value is -3.52. The first-order chi connectivity index (χ1) is 16.6. The summed E-state index contributed by atoms with van der Waals surface area (Å²) in [7, 11) is 0. The molecule has 8 heteroatoms. The molecule has 2 aliphatic rings. The summed E-state index contributed by atoms with van der Waals surface area (Å²) in [5, 5.41) is 11.9. The lowest BCUT2D eigenvalue weighted by Crippen LogP contribution is -2.46. The van der Waals surface area contributed by atoms with E-state index in [-0.39, 0.29) is 36.6 Å². The number of nitrogens with zero attached hydrogens (tertiary/aromatic N) is 3. The average molecular weight is 462 g/mol. The first-order valence-electron chi connectivity index (χ1n) is 11.9. The van der Waals surface area contributed by atoms with Crippen LogP contribution < -0.4 is 10.6 Å². The summed E-state index contributed by atoms with van der Waals surface area (Å²) in [5.41, 5.74) is 2.72. The normalized spacial score (nSPS) is 16.7. The number of anilines is 1. The number of amides is 3. The summed E-state index contributed by atoms with van der Waals surface area (Å²) >= 11 is 0. The lowest BCUT2D eigenvalue weighted by Gasteiger charge is -2.31. The average Bonchev–Trinajstić information content (AvgIpc) is 3.35. The number of nitrogens with one attached hydrogen (secondary N) is 2. The van der Waals surface area contributed by atoms with Gasteiger partial charge in [-0.15, -0.1) is 0 Å². The van der Waals surface area contributed by atoms with Gasteiger partial charge in [0.25, 0.3) is 0 Å². The molecule has 1 fully saturated rings. The number of para-hydroxylation sites is 1. The molecule has 1 saturated heterocycles. The Labute approximate surface area is 200 Å². The molecule has 4 rings (SSSR count). The van der Waals surface area contributed by atoms with Gasteiger partial charge in [0.05, 0.1) is 18.8 Å². The Morgan fingerprint density at radius 1 is 0.853 bits per heavy atom. The second kappa shape index (κ2) is 11.6. The second-order valence-electron chi connectivity index (χ2n) is 8.71. The first-order valence-corrected chi connectivity index (χ1v) is 11.9. The number of benzene rings is 2. The van der Waals surface area contributed by atoms with Crippen LogP contribution in [-0.4, -0.2) is 65.6 Å². The Balaban J connectivity index is 1.13. The molecule has 0 aromatic heterocycles. The molecule has 2 heterocycles. The van der Waals surface area contributed by atoms with E-state index in [2.05, 4.69) is 20.6 Å². The van der Waals surface area contributed by atoms with Crippen molar-refractivity contribution in [3.05, 3.63) is 66.2 Å². The summed E-state index contributed by atoms with van der Waals surface area (Å²) in [6.07, 6.45) is 2.61. The topological polar surface area (TPSA) is 94.1 Å². The molecule has 2 aromatic carbocycles. The van der Waals surface area contributed by atoms with Gasteiger partial charge < -0.3 is 10.6 Å². The fraction of sp³-hybridized carbons (Fsp3) is 0.385. The lowest BCUT2D eigenvalue weighted by atomic mass is 10.0. The number of rotatable bonds is 8. The number of piperidine rings is 1. The zero-order chi connectivity index (χ0) is 23.8. The highest BCUT2D eigenvalue weighted by atomic mass is 16.2. The SMILES string of the molecule is O=C(CN1CCC(NC(=O)CCC(=O)N2CCC(c3ccccc3)=N2)CC1)Nc1ccccc1. The third kappa shape index (κ3) is 6.74. The minimum absolute atomic E-state index is 0.0350. The van der Waals surface area contributed by atoms with Crippen molar-refractivity contribution in [2.24, 2.45) is 5.10 Å². The van der Waals surface area contributed by atoms with Crippen molar-refractivity contribution in [2.45, 2.75) is 38.1 Å². The summed E-state index contributed by atoms with van der Waals surface area (Å²) < 4.78 is 0. The van der Waals surface area contributed by atoms with Crippen molar-refractivity contribution in [3.63, 3.8) is 0 Å². The van der Waals surface area contributed by atoms with E-state index in [1.165, 1.54) is 5.01 Å². The van der Waals surface area contributed by atoms with Crippen LogP contribution >= 0.6 is 0 Å². The fourth-order valence-corrected chi connectivity index (χ4v) is 4.28. The highest BCUT2D eigenvalue weighted by Gasteiger charge is 2.24. The maximum absolute atomic E-state index is 12.5. The molecule has 3 amide bonds. The van der Waals surface area contributed by atoms with Crippen LogP contribution in [0.5, 0.6) is 0 Å². The third-order valence-electron chi connectivity index (χ3n) is 6.14. The van der Waals surface area contributed by atoms with Crippen LogP contribution in [0.25, 0.3) is 0 Å². The van der Waals surface area contributed by atoms with Crippen LogP contribution in [0.2, 0.25) is 0 Å². The van der Waals surface area contributed by atoms with Gasteiger partial charge in [0.2, 0.25) is 17.7 Å². The van der Waals surface area contributed by atoms with E-state index < -0.39 is 0 Å². The molecule has 0 radical (unpaired) electrons. The predicted octanol–water partition coefficient (Wildman–Crippen LogP) is 2.62. The second-order valence-corrected chi connectivity index (χ2v) is 8.71. The van der Waals surface area contributed by atoms with Crippen molar-refractivity contribution < 1.29 is 14.4 Å². The minimum atomic E-state index is -0.125. The Morgan fingerprint density at radius 2 is 1.53 bits per heavy atom. The molecule has 0 bridgehead atoms. The van der Waals surface area contributed by atoms with E-state index in [0.29, 0.717) is 13.1 Å². The van der Waals surface area contributed by atoms with Gasteiger partial charge in [-0.2, -0.15) is 5.10 Å². The standard InChI is InChI=1S/C26H31N5O3/c32-24(11-12-26(34)31-18-15-23(29-31)20-7-3-1-4-8-20)27-22-13-16-30(17-14-22)19-25(33)28-21-9-5-2-6-10-21/h1-10,22H,11-19H2,(H,27,32)(H,28,33). The Kier molecular flexibility index (Phi) is 8.04. The number of hydrogen-bond acceptors (Lipinski definition) is 5. The van der Waals surface area contributed by atoms with Gasteiger partial charge >= 0.3 is 0 Å². The number of hydrogen-bond donors (Lipinski definition) is 2. The van der Waals surface area contributed by atoms with Gasteiger partial charge in [0.15, 0.2) is 0 Å². The maximum atomic E-state index is 12.5. The van der Waals surface area contributed by atoms with Crippen molar-refractivity contribution in [1.82, 2.24) is 15.2 Å². The van der Waals surface area contributed by atoms with Crippen LogP contribution in [0.3, 0.4) is 0 Å². The van der Waals surface area contributed by atoms with Gasteiger partial charge in [0, 0.05) is 44.1 Å². The van der Waals surface area contributed by atoms with Crippen molar-refractivity contribution in [1.29, 1.82) is 0 Å². The van der Waals surface area contributed by atoms with Crippen LogP contribution in [0.4, 0.5) is 5.69 Å².